The first kappa shape index (κ1) is 13.7. The van der Waals surface area contributed by atoms with E-state index in [4.69, 9.17) is 9.59 Å². The molecule has 1 rings (SSSR count). The van der Waals surface area contributed by atoms with E-state index in [2.05, 4.69) is 10.5 Å². The molecular weight excluding hydrogens is 170 g/mol. The predicted octanol–water partition coefficient (Wildman–Crippen LogP) is 0.577. The smallest absolute Gasteiger partial charge is 0.292 e. The monoisotopic (exact) mass is 183 g/mol. The molecule has 0 aliphatic heterocycles. The lowest BCUT2D eigenvalue weighted by atomic mass is 10.4. The van der Waals surface area contributed by atoms with Gasteiger partial charge in [-0.1, -0.05) is 36.4 Å². The van der Waals surface area contributed by atoms with Crippen molar-refractivity contribution >= 4 is 12.9 Å². The fourth-order valence-corrected chi connectivity index (χ4v) is 0.385. The van der Waals surface area contributed by atoms with Gasteiger partial charge in [-0.2, -0.15) is 0 Å². The van der Waals surface area contributed by atoms with Gasteiger partial charge in [-0.15, -0.1) is 0 Å². The lowest BCUT2D eigenvalue weighted by Gasteiger charge is -1.69. The minimum Gasteiger partial charge on any atom is -0.471 e. The van der Waals surface area contributed by atoms with Crippen LogP contribution in [0.5, 0.6) is 0 Å². The van der Waals surface area contributed by atoms with Crippen LogP contribution in [0.15, 0.2) is 36.4 Å². The molecule has 13 heavy (non-hydrogen) atoms. The summed E-state index contributed by atoms with van der Waals surface area (Å²) < 4.78 is 3.86. The van der Waals surface area contributed by atoms with Gasteiger partial charge in [-0.25, -0.2) is 0 Å². The fraction of sp³-hybridized carbons (Fsp3) is 0.111. The molecule has 0 spiro atoms. The van der Waals surface area contributed by atoms with Gasteiger partial charge in [-0.3, -0.25) is 9.59 Å². The van der Waals surface area contributed by atoms with Crippen LogP contribution in [0, 0.1) is 0 Å². The zero-order valence-corrected chi connectivity index (χ0v) is 7.42. The average Bonchev–Trinajstić information content (AvgIpc) is 2.22. The van der Waals surface area contributed by atoms with Crippen molar-refractivity contribution in [2.45, 2.75) is 0 Å². The Morgan fingerprint density at radius 1 is 1.00 bits per heavy atom. The van der Waals surface area contributed by atoms with Crippen LogP contribution in [0.25, 0.3) is 0 Å². The van der Waals surface area contributed by atoms with E-state index in [9.17, 15) is 0 Å². The Balaban J connectivity index is 0. The fourth-order valence-electron chi connectivity index (χ4n) is 0.385. The quantitative estimate of drug-likeness (QED) is 0.647. The summed E-state index contributed by atoms with van der Waals surface area (Å²) >= 11 is 0. The number of primary amides is 1. The Hall–Kier alpha value is -1.84. The standard InChI is InChI=1S/C6H6.C2H4O2.CH3NO/c1-2-4-6-5-3-1;1-4-2-3;2-1-3/h1-6H;2H,1H3;1H,(H2,2,3). The number of amides is 1. The molecule has 0 bridgehead atoms. The van der Waals surface area contributed by atoms with Gasteiger partial charge >= 0.3 is 0 Å². The third kappa shape index (κ3) is 25.4. The molecule has 0 aliphatic rings. The van der Waals surface area contributed by atoms with E-state index >= 15 is 0 Å². The Morgan fingerprint density at radius 3 is 1.23 bits per heavy atom. The molecule has 0 fully saturated rings. The number of hydrogen-bond donors (Lipinski definition) is 1. The van der Waals surface area contributed by atoms with Crippen molar-refractivity contribution in [3.8, 4) is 0 Å². The van der Waals surface area contributed by atoms with E-state index in [0.717, 1.165) is 0 Å². The van der Waals surface area contributed by atoms with Crippen LogP contribution in [0.2, 0.25) is 0 Å². The summed E-state index contributed by atoms with van der Waals surface area (Å²) in [6, 6.07) is 12.0. The van der Waals surface area contributed by atoms with Crippen LogP contribution >= 0.6 is 0 Å². The molecule has 2 N–H and O–H groups in total. The lowest BCUT2D eigenvalue weighted by molar-refractivity contribution is -0.126. The van der Waals surface area contributed by atoms with Gasteiger partial charge in [0.05, 0.1) is 7.11 Å². The first-order valence-corrected chi connectivity index (χ1v) is 3.45. The highest BCUT2D eigenvalue weighted by Crippen LogP contribution is 1.79. The van der Waals surface area contributed by atoms with E-state index in [1.54, 1.807) is 0 Å². The molecule has 0 saturated carbocycles. The highest BCUT2D eigenvalue weighted by molar-refractivity contribution is 5.42. The Labute approximate surface area is 77.3 Å². The van der Waals surface area contributed by atoms with Crippen molar-refractivity contribution in [2.24, 2.45) is 5.73 Å². The summed E-state index contributed by atoms with van der Waals surface area (Å²) in [5.74, 6) is 0. The molecule has 0 heterocycles. The number of carbonyl (C=O) groups excluding carboxylic acids is 2. The number of benzene rings is 1. The second-order valence-electron chi connectivity index (χ2n) is 1.62. The topological polar surface area (TPSA) is 69.4 Å². The van der Waals surface area contributed by atoms with Crippen molar-refractivity contribution < 1.29 is 14.3 Å². The third-order valence-corrected chi connectivity index (χ3v) is 0.763. The molecule has 1 amide bonds. The number of ether oxygens (including phenoxy) is 1. The number of hydrogen-bond acceptors (Lipinski definition) is 3. The van der Waals surface area contributed by atoms with Gasteiger partial charge in [0.15, 0.2) is 0 Å². The zero-order valence-electron chi connectivity index (χ0n) is 7.42. The van der Waals surface area contributed by atoms with Crippen LogP contribution in [0.3, 0.4) is 0 Å². The molecule has 0 atom stereocenters. The van der Waals surface area contributed by atoms with Crippen molar-refractivity contribution in [1.29, 1.82) is 0 Å². The van der Waals surface area contributed by atoms with Gasteiger partial charge in [0.2, 0.25) is 6.41 Å². The maximum Gasteiger partial charge on any atom is 0.292 e. The molecule has 4 heteroatoms. The maximum atomic E-state index is 8.95. The third-order valence-electron chi connectivity index (χ3n) is 0.763. The molecular formula is C9H13NO3. The number of carbonyl (C=O) groups is 2. The molecule has 0 aliphatic carbocycles. The van der Waals surface area contributed by atoms with E-state index in [1.807, 2.05) is 36.4 Å². The summed E-state index contributed by atoms with van der Waals surface area (Å²) in [5, 5.41) is 0. The molecule has 0 saturated heterocycles. The lowest BCUT2D eigenvalue weighted by Crippen LogP contribution is -1.82. The molecule has 1 aromatic carbocycles. The van der Waals surface area contributed by atoms with Crippen LogP contribution in [0.4, 0.5) is 0 Å². The molecule has 4 nitrogen and oxygen atoms in total. The minimum atomic E-state index is 0.250. The van der Waals surface area contributed by atoms with Crippen molar-refractivity contribution in [1.82, 2.24) is 0 Å². The molecule has 72 valence electrons. The summed E-state index contributed by atoms with van der Waals surface area (Å²) in [6.07, 6.45) is 0.250. The van der Waals surface area contributed by atoms with Gasteiger partial charge in [0.25, 0.3) is 6.47 Å². The summed E-state index contributed by atoms with van der Waals surface area (Å²) in [7, 11) is 1.31. The van der Waals surface area contributed by atoms with Gasteiger partial charge in [0.1, 0.15) is 0 Å². The first-order valence-electron chi connectivity index (χ1n) is 3.45. The number of rotatable bonds is 1. The van der Waals surface area contributed by atoms with Gasteiger partial charge < -0.3 is 10.5 Å². The minimum absolute atomic E-state index is 0.250. The summed E-state index contributed by atoms with van der Waals surface area (Å²) in [6.45, 7) is 0.375. The van der Waals surface area contributed by atoms with Crippen LogP contribution in [0.1, 0.15) is 0 Å². The molecule has 0 unspecified atom stereocenters. The second kappa shape index (κ2) is 16.6. The van der Waals surface area contributed by atoms with Gasteiger partial charge in [0, 0.05) is 0 Å². The summed E-state index contributed by atoms with van der Waals surface area (Å²) in [5.41, 5.74) is 4.17. The predicted molar refractivity (Wildman–Crippen MR) is 49.8 cm³/mol. The van der Waals surface area contributed by atoms with Crippen molar-refractivity contribution in [3.05, 3.63) is 36.4 Å². The van der Waals surface area contributed by atoms with E-state index in [-0.39, 0.29) is 6.41 Å². The van der Waals surface area contributed by atoms with E-state index in [1.165, 1.54) is 7.11 Å². The van der Waals surface area contributed by atoms with E-state index in [0.29, 0.717) is 6.47 Å². The maximum absolute atomic E-state index is 8.95. The largest absolute Gasteiger partial charge is 0.471 e. The zero-order chi connectivity index (χ0) is 10.4. The molecule has 0 aromatic heterocycles. The van der Waals surface area contributed by atoms with Crippen molar-refractivity contribution in [3.63, 3.8) is 0 Å². The SMILES string of the molecule is COC=O.NC=O.c1ccccc1. The normalized spacial score (nSPS) is 6.23. The van der Waals surface area contributed by atoms with Crippen LogP contribution in [-0.2, 0) is 14.3 Å². The van der Waals surface area contributed by atoms with Gasteiger partial charge in [-0.05, 0) is 0 Å². The Kier molecular flexibility index (Phi) is 17.6. The second-order valence-corrected chi connectivity index (χ2v) is 1.62. The Morgan fingerprint density at radius 2 is 1.15 bits per heavy atom. The summed E-state index contributed by atoms with van der Waals surface area (Å²) in [4.78, 5) is 17.5. The molecule has 1 aromatic rings. The average molecular weight is 183 g/mol. The van der Waals surface area contributed by atoms with Crippen LogP contribution < -0.4 is 5.73 Å². The number of nitrogens with two attached hydrogens (primary N) is 1. The van der Waals surface area contributed by atoms with Crippen LogP contribution in [-0.4, -0.2) is 20.0 Å². The Bertz CT molecular complexity index is 163. The van der Waals surface area contributed by atoms with E-state index < -0.39 is 0 Å². The highest BCUT2D eigenvalue weighted by atomic mass is 16.5. The highest BCUT2D eigenvalue weighted by Gasteiger charge is 1.57. The number of methoxy groups -OCH3 is 1. The van der Waals surface area contributed by atoms with Crippen molar-refractivity contribution in [2.75, 3.05) is 7.11 Å². The molecule has 0 radical (unpaired) electrons. The first-order chi connectivity index (χ1) is 6.33.